The minimum absolute atomic E-state index is 0.154. The Labute approximate surface area is 253 Å². The van der Waals surface area contributed by atoms with Crippen LogP contribution in [0.15, 0.2) is 91.0 Å². The first-order valence-corrected chi connectivity index (χ1v) is 15.6. The van der Waals surface area contributed by atoms with E-state index in [2.05, 4.69) is 90.0 Å². The van der Waals surface area contributed by atoms with Crippen LogP contribution in [0.3, 0.4) is 0 Å². The molecule has 218 valence electrons. The van der Waals surface area contributed by atoms with Crippen molar-refractivity contribution in [1.29, 1.82) is 0 Å². The zero-order chi connectivity index (χ0) is 29.5. The standard InChI is InChI=1S/C38H39N3O2/c1-25-6-10-28(11-7-25)36(29-12-8-26(2)9-13-29)31-16-17-34-35(23-31)41(37(39-34)30-14-15-30)33-18-20-40(21-19-33)24-27-4-3-5-32(22-27)38(42)43/h3-13,16-17,22-23,30,33,36H,14-15,18-21,24H2,1-2H3,(H,42,43). The van der Waals surface area contributed by atoms with E-state index >= 15 is 0 Å². The van der Waals surface area contributed by atoms with Crippen LogP contribution in [0, 0.1) is 13.8 Å². The van der Waals surface area contributed by atoms with E-state index in [1.165, 1.54) is 52.0 Å². The minimum Gasteiger partial charge on any atom is -0.478 e. The van der Waals surface area contributed by atoms with Gasteiger partial charge >= 0.3 is 5.97 Å². The van der Waals surface area contributed by atoms with Gasteiger partial charge in [-0.2, -0.15) is 0 Å². The molecule has 1 N–H and O–H groups in total. The summed E-state index contributed by atoms with van der Waals surface area (Å²) in [5.41, 5.74) is 10.3. The molecule has 0 bridgehead atoms. The molecule has 1 aliphatic heterocycles. The number of carboxylic acids is 1. The van der Waals surface area contributed by atoms with E-state index in [-0.39, 0.29) is 5.92 Å². The molecule has 5 aromatic rings. The maximum Gasteiger partial charge on any atom is 0.335 e. The number of aryl methyl sites for hydroxylation is 2. The molecule has 5 nitrogen and oxygen atoms in total. The number of benzene rings is 4. The normalized spacial score (nSPS) is 16.3. The third kappa shape index (κ3) is 5.74. The number of hydrogen-bond donors (Lipinski definition) is 1. The van der Waals surface area contributed by atoms with E-state index in [4.69, 9.17) is 4.98 Å². The van der Waals surface area contributed by atoms with Gasteiger partial charge in [0.25, 0.3) is 0 Å². The van der Waals surface area contributed by atoms with Crippen LogP contribution >= 0.6 is 0 Å². The molecule has 4 aromatic carbocycles. The summed E-state index contributed by atoms with van der Waals surface area (Å²) in [7, 11) is 0. The van der Waals surface area contributed by atoms with Gasteiger partial charge in [-0.15, -0.1) is 0 Å². The second-order valence-corrected chi connectivity index (χ2v) is 12.6. The lowest BCUT2D eigenvalue weighted by Crippen LogP contribution is -2.34. The molecule has 2 heterocycles. The molecule has 1 saturated heterocycles. The maximum absolute atomic E-state index is 11.5. The highest BCUT2D eigenvalue weighted by molar-refractivity contribution is 5.87. The fourth-order valence-electron chi connectivity index (χ4n) is 6.81. The molecule has 1 aromatic heterocycles. The molecule has 1 aliphatic carbocycles. The van der Waals surface area contributed by atoms with E-state index in [0.717, 1.165) is 43.6 Å². The van der Waals surface area contributed by atoms with E-state index in [1.807, 2.05) is 18.2 Å². The van der Waals surface area contributed by atoms with Crippen LogP contribution in [-0.2, 0) is 6.54 Å². The number of imidazole rings is 1. The Balaban J connectivity index is 1.21. The second kappa shape index (κ2) is 11.5. The fraction of sp³-hybridized carbons (Fsp3) is 0.316. The predicted molar refractivity (Wildman–Crippen MR) is 172 cm³/mol. The number of likely N-dealkylation sites (tertiary alicyclic amines) is 1. The molecule has 7 rings (SSSR count). The Morgan fingerprint density at radius 2 is 1.44 bits per heavy atom. The van der Waals surface area contributed by atoms with E-state index in [0.29, 0.717) is 17.5 Å². The van der Waals surface area contributed by atoms with Gasteiger partial charge in [-0.05, 0) is 86.1 Å². The van der Waals surface area contributed by atoms with Gasteiger partial charge in [0.05, 0.1) is 16.6 Å². The Morgan fingerprint density at radius 1 is 0.814 bits per heavy atom. The molecule has 43 heavy (non-hydrogen) atoms. The van der Waals surface area contributed by atoms with Gasteiger partial charge in [0.2, 0.25) is 0 Å². The summed E-state index contributed by atoms with van der Waals surface area (Å²) in [4.78, 5) is 19.1. The third-order valence-corrected chi connectivity index (χ3v) is 9.34. The molecule has 2 fully saturated rings. The number of hydrogen-bond acceptors (Lipinski definition) is 3. The molecule has 1 saturated carbocycles. The summed E-state index contributed by atoms with van der Waals surface area (Å²) in [6.45, 7) is 7.05. The van der Waals surface area contributed by atoms with E-state index < -0.39 is 5.97 Å². The van der Waals surface area contributed by atoms with Gasteiger partial charge in [-0.1, -0.05) is 77.9 Å². The number of piperidine rings is 1. The Bertz CT molecular complexity index is 1710. The first-order chi connectivity index (χ1) is 20.9. The fourth-order valence-corrected chi connectivity index (χ4v) is 6.81. The molecule has 0 unspecified atom stereocenters. The summed E-state index contributed by atoms with van der Waals surface area (Å²) in [5, 5.41) is 9.40. The number of nitrogens with zero attached hydrogens (tertiary/aromatic N) is 3. The SMILES string of the molecule is Cc1ccc(C(c2ccc(C)cc2)c2ccc3nc(C4CC4)n(C4CCN(Cc5cccc(C(=O)O)c5)CC4)c3c2)cc1. The van der Waals surface area contributed by atoms with Crippen molar-refractivity contribution in [2.75, 3.05) is 13.1 Å². The monoisotopic (exact) mass is 569 g/mol. The molecule has 2 aliphatic rings. The van der Waals surface area contributed by atoms with Crippen molar-refractivity contribution in [2.24, 2.45) is 0 Å². The smallest absolute Gasteiger partial charge is 0.335 e. The largest absolute Gasteiger partial charge is 0.478 e. The van der Waals surface area contributed by atoms with Gasteiger partial charge in [-0.25, -0.2) is 9.78 Å². The lowest BCUT2D eigenvalue weighted by Gasteiger charge is -2.34. The average molecular weight is 570 g/mol. The second-order valence-electron chi connectivity index (χ2n) is 12.6. The Kier molecular flexibility index (Phi) is 7.36. The minimum atomic E-state index is -0.869. The van der Waals surface area contributed by atoms with Gasteiger partial charge < -0.3 is 9.67 Å². The van der Waals surface area contributed by atoms with Crippen molar-refractivity contribution in [3.8, 4) is 0 Å². The summed E-state index contributed by atoms with van der Waals surface area (Å²) in [5.74, 6) is 1.12. The summed E-state index contributed by atoms with van der Waals surface area (Å²) < 4.78 is 2.60. The third-order valence-electron chi connectivity index (χ3n) is 9.34. The van der Waals surface area contributed by atoms with Gasteiger partial charge in [0, 0.05) is 37.5 Å². The van der Waals surface area contributed by atoms with Gasteiger partial charge in [0.15, 0.2) is 0 Å². The zero-order valence-electron chi connectivity index (χ0n) is 25.0. The lowest BCUT2D eigenvalue weighted by molar-refractivity contribution is 0.0696. The maximum atomic E-state index is 11.5. The molecule has 5 heteroatoms. The number of carboxylic acid groups (broad SMARTS) is 1. The van der Waals surface area contributed by atoms with E-state index in [1.54, 1.807) is 6.07 Å². The van der Waals surface area contributed by atoms with Crippen molar-refractivity contribution in [1.82, 2.24) is 14.5 Å². The number of aromatic carboxylic acids is 1. The van der Waals surface area contributed by atoms with Crippen molar-refractivity contribution in [2.45, 2.75) is 64.0 Å². The zero-order valence-corrected chi connectivity index (χ0v) is 25.0. The predicted octanol–water partition coefficient (Wildman–Crippen LogP) is 8.25. The topological polar surface area (TPSA) is 58.4 Å². The highest BCUT2D eigenvalue weighted by atomic mass is 16.4. The summed E-state index contributed by atoms with van der Waals surface area (Å²) in [6.07, 6.45) is 4.58. The van der Waals surface area contributed by atoms with Crippen molar-refractivity contribution in [3.05, 3.63) is 136 Å². The van der Waals surface area contributed by atoms with Crippen LogP contribution in [0.4, 0.5) is 0 Å². The van der Waals surface area contributed by atoms with Crippen molar-refractivity contribution < 1.29 is 9.90 Å². The van der Waals surface area contributed by atoms with Crippen LogP contribution in [0.1, 0.15) is 93.1 Å². The quantitative estimate of drug-likeness (QED) is 0.191. The first kappa shape index (κ1) is 27.6. The lowest BCUT2D eigenvalue weighted by atomic mass is 9.84. The van der Waals surface area contributed by atoms with Crippen LogP contribution in [0.5, 0.6) is 0 Å². The highest BCUT2D eigenvalue weighted by Gasteiger charge is 2.33. The Hall–Kier alpha value is -4.22. The molecular weight excluding hydrogens is 530 g/mol. The summed E-state index contributed by atoms with van der Waals surface area (Å²) >= 11 is 0. The number of carbonyl (C=O) groups is 1. The Morgan fingerprint density at radius 3 is 2.05 bits per heavy atom. The summed E-state index contributed by atoms with van der Waals surface area (Å²) in [6, 6.07) is 32.7. The number of fused-ring (bicyclic) bond motifs is 1. The van der Waals surface area contributed by atoms with Crippen LogP contribution in [0.25, 0.3) is 11.0 Å². The molecule has 0 spiro atoms. The van der Waals surface area contributed by atoms with E-state index in [9.17, 15) is 9.90 Å². The molecule has 0 atom stereocenters. The van der Waals surface area contributed by atoms with Gasteiger partial charge in [0.1, 0.15) is 5.82 Å². The molecule has 0 amide bonds. The van der Waals surface area contributed by atoms with Crippen molar-refractivity contribution in [3.63, 3.8) is 0 Å². The molecular formula is C38H39N3O2. The van der Waals surface area contributed by atoms with Crippen LogP contribution < -0.4 is 0 Å². The number of rotatable bonds is 8. The van der Waals surface area contributed by atoms with Crippen molar-refractivity contribution >= 4 is 17.0 Å². The molecule has 0 radical (unpaired) electrons. The number of aromatic nitrogens is 2. The first-order valence-electron chi connectivity index (χ1n) is 15.6. The highest BCUT2D eigenvalue weighted by Crippen LogP contribution is 2.44. The van der Waals surface area contributed by atoms with Crippen LogP contribution in [0.2, 0.25) is 0 Å². The average Bonchev–Trinajstić information content (AvgIpc) is 3.80. The van der Waals surface area contributed by atoms with Crippen LogP contribution in [-0.4, -0.2) is 38.6 Å². The van der Waals surface area contributed by atoms with Gasteiger partial charge in [-0.3, -0.25) is 4.90 Å².